The lowest BCUT2D eigenvalue weighted by molar-refractivity contribution is 0.0980. The van der Waals surface area contributed by atoms with Crippen LogP contribution in [0.4, 0.5) is 0 Å². The Balaban J connectivity index is 0.000000461. The van der Waals surface area contributed by atoms with Crippen LogP contribution in [0.1, 0.15) is 26.7 Å². The Morgan fingerprint density at radius 3 is 2.85 bits per heavy atom. The molecule has 1 aliphatic rings. The Kier molecular flexibility index (Phi) is 8.91. The van der Waals surface area contributed by atoms with Crippen LogP contribution in [0, 0.1) is 0 Å². The van der Waals surface area contributed by atoms with Crippen LogP contribution in [0.3, 0.4) is 0 Å². The molecular weight excluding hydrogens is 407 g/mol. The zero-order valence-corrected chi connectivity index (χ0v) is 15.5. The molecule has 20 heavy (non-hydrogen) atoms. The number of aromatic nitrogens is 2. The third-order valence-electron chi connectivity index (χ3n) is 3.07. The molecule has 3 heterocycles. The molecule has 1 saturated heterocycles. The highest BCUT2D eigenvalue weighted by Gasteiger charge is 2.16. The van der Waals surface area contributed by atoms with Crippen molar-refractivity contribution in [3.63, 3.8) is 0 Å². The summed E-state index contributed by atoms with van der Waals surface area (Å²) in [4.78, 5) is 4.07. The zero-order chi connectivity index (χ0) is 15.0. The standard InChI is InChI=1S/C12H13ClN2O.C2H6.HIS/c13-12-10-4-6-15(11(10)3-5-14-12)8-9-2-1-7-16-9;2*1-2/h3-6,9H,1-2,7-8H2;1-2H3;2H. The molecule has 0 amide bonds. The molecule has 1 fully saturated rings. The van der Waals surface area contributed by atoms with E-state index in [0.29, 0.717) is 11.3 Å². The first kappa shape index (κ1) is 18.1. The van der Waals surface area contributed by atoms with Crippen molar-refractivity contribution in [3.05, 3.63) is 29.7 Å². The van der Waals surface area contributed by atoms with E-state index in [1.165, 1.54) is 6.42 Å². The van der Waals surface area contributed by atoms with Gasteiger partial charge in [-0.05, 0) is 46.2 Å². The average Bonchev–Trinajstić information content (AvgIpc) is 3.15. The topological polar surface area (TPSA) is 27.1 Å². The maximum absolute atomic E-state index is 6.03. The number of thiol groups is 1. The van der Waals surface area contributed by atoms with Crippen LogP contribution in [-0.2, 0) is 11.3 Å². The molecule has 0 saturated carbocycles. The summed E-state index contributed by atoms with van der Waals surface area (Å²) >= 11 is 7.88. The highest BCUT2D eigenvalue weighted by molar-refractivity contribution is 14.2. The number of hydrogen-bond acceptors (Lipinski definition) is 3. The maximum Gasteiger partial charge on any atom is 0.138 e. The van der Waals surface area contributed by atoms with Crippen molar-refractivity contribution in [2.45, 2.75) is 39.3 Å². The van der Waals surface area contributed by atoms with Crippen molar-refractivity contribution in [2.24, 2.45) is 0 Å². The van der Waals surface area contributed by atoms with E-state index >= 15 is 0 Å². The number of ether oxygens (including phenoxy) is 1. The van der Waals surface area contributed by atoms with E-state index in [-0.39, 0.29) is 0 Å². The third-order valence-corrected chi connectivity index (χ3v) is 3.37. The van der Waals surface area contributed by atoms with Crippen LogP contribution >= 0.6 is 42.6 Å². The summed E-state index contributed by atoms with van der Waals surface area (Å²) in [5.41, 5.74) is 1.13. The fraction of sp³-hybridized carbons (Fsp3) is 0.500. The second-order valence-corrected chi connectivity index (χ2v) is 4.50. The van der Waals surface area contributed by atoms with Gasteiger partial charge in [-0.2, -0.15) is 0 Å². The summed E-state index contributed by atoms with van der Waals surface area (Å²) in [6.07, 6.45) is 6.48. The van der Waals surface area contributed by atoms with Crippen molar-refractivity contribution >= 4 is 53.5 Å². The van der Waals surface area contributed by atoms with Gasteiger partial charge in [0.2, 0.25) is 0 Å². The lowest BCUT2D eigenvalue weighted by Crippen LogP contribution is -2.13. The minimum absolute atomic E-state index is 0.350. The molecule has 2 aromatic heterocycles. The van der Waals surface area contributed by atoms with E-state index in [1.807, 2.05) is 47.2 Å². The summed E-state index contributed by atoms with van der Waals surface area (Å²) < 4.78 is 7.83. The van der Waals surface area contributed by atoms with Gasteiger partial charge in [-0.3, -0.25) is 0 Å². The van der Waals surface area contributed by atoms with E-state index in [1.54, 1.807) is 6.20 Å². The monoisotopic (exact) mass is 426 g/mol. The van der Waals surface area contributed by atoms with Gasteiger partial charge < -0.3 is 9.30 Å². The van der Waals surface area contributed by atoms with E-state index in [2.05, 4.69) is 25.5 Å². The van der Waals surface area contributed by atoms with Crippen molar-refractivity contribution < 1.29 is 4.74 Å². The maximum atomic E-state index is 6.03. The van der Waals surface area contributed by atoms with Gasteiger partial charge in [0.15, 0.2) is 0 Å². The summed E-state index contributed by atoms with van der Waals surface area (Å²) in [5, 5.41) is 1.59. The highest BCUT2D eigenvalue weighted by atomic mass is 127. The van der Waals surface area contributed by atoms with Gasteiger partial charge in [-0.25, -0.2) is 4.98 Å². The molecule has 2 aromatic rings. The first-order chi connectivity index (χ1) is 9.84. The molecule has 0 radical (unpaired) electrons. The summed E-state index contributed by atoms with van der Waals surface area (Å²) in [7, 11) is 3.50. The zero-order valence-electron chi connectivity index (χ0n) is 11.7. The fourth-order valence-electron chi connectivity index (χ4n) is 2.25. The Hall–Kier alpha value is 0.0200. The minimum Gasteiger partial charge on any atom is -0.376 e. The Bertz CT molecular complexity index is 515. The average molecular weight is 427 g/mol. The Labute approximate surface area is 143 Å². The Morgan fingerprint density at radius 2 is 2.20 bits per heavy atom. The first-order valence-corrected chi connectivity index (χ1v) is 10.3. The highest BCUT2D eigenvalue weighted by Crippen LogP contribution is 2.23. The molecule has 6 heteroatoms. The molecule has 0 aliphatic carbocycles. The smallest absolute Gasteiger partial charge is 0.138 e. The van der Waals surface area contributed by atoms with Gasteiger partial charge in [0.25, 0.3) is 0 Å². The predicted molar refractivity (Wildman–Crippen MR) is 98.1 cm³/mol. The number of hydrogen-bond donors (Lipinski definition) is 1. The molecule has 3 nitrogen and oxygen atoms in total. The number of pyridine rings is 1. The minimum atomic E-state index is 0.350. The van der Waals surface area contributed by atoms with Crippen LogP contribution in [0.25, 0.3) is 10.9 Å². The van der Waals surface area contributed by atoms with Crippen molar-refractivity contribution in [3.8, 4) is 0 Å². The second-order valence-electron chi connectivity index (χ2n) is 4.14. The molecular formula is C14H20ClIN2OS. The van der Waals surface area contributed by atoms with Crippen molar-refractivity contribution in [1.29, 1.82) is 0 Å². The van der Waals surface area contributed by atoms with Crippen LogP contribution in [0.15, 0.2) is 24.5 Å². The quantitative estimate of drug-likeness (QED) is 0.408. The number of nitrogens with zero attached hydrogens (tertiary/aromatic N) is 2. The lowest BCUT2D eigenvalue weighted by atomic mass is 10.2. The molecule has 3 rings (SSSR count). The third kappa shape index (κ3) is 4.51. The molecule has 0 spiro atoms. The lowest BCUT2D eigenvalue weighted by Gasteiger charge is -2.11. The normalized spacial score (nSPS) is 17.1. The van der Waals surface area contributed by atoms with Crippen molar-refractivity contribution in [1.82, 2.24) is 9.55 Å². The summed E-state index contributed by atoms with van der Waals surface area (Å²) in [6.45, 7) is 5.80. The number of rotatable bonds is 2. The van der Waals surface area contributed by atoms with Crippen LogP contribution in [0.2, 0.25) is 5.15 Å². The summed E-state index contributed by atoms with van der Waals surface area (Å²) in [6, 6.07) is 4.01. The number of halogens is 2. The SMILES string of the molecule is CC.Clc1nccc2c1ccn2CC1CCCO1.SI. The van der Waals surface area contributed by atoms with Gasteiger partial charge >= 0.3 is 0 Å². The van der Waals surface area contributed by atoms with Gasteiger partial charge in [0, 0.05) is 30.9 Å². The van der Waals surface area contributed by atoms with Gasteiger partial charge in [0.05, 0.1) is 11.6 Å². The van der Waals surface area contributed by atoms with Crippen LogP contribution in [-0.4, -0.2) is 22.3 Å². The second kappa shape index (κ2) is 9.87. The van der Waals surface area contributed by atoms with Gasteiger partial charge in [-0.1, -0.05) is 25.4 Å². The van der Waals surface area contributed by atoms with Crippen molar-refractivity contribution in [2.75, 3.05) is 6.61 Å². The fourth-order valence-corrected chi connectivity index (χ4v) is 2.47. The molecule has 0 bridgehead atoms. The largest absolute Gasteiger partial charge is 0.376 e. The molecule has 112 valence electrons. The predicted octanol–water partition coefficient (Wildman–Crippen LogP) is 5.16. The van der Waals surface area contributed by atoms with E-state index in [4.69, 9.17) is 16.3 Å². The van der Waals surface area contributed by atoms with Gasteiger partial charge in [-0.15, -0.1) is 9.80 Å². The Morgan fingerprint density at radius 1 is 1.45 bits per heavy atom. The molecule has 1 aliphatic heterocycles. The van der Waals surface area contributed by atoms with Crippen LogP contribution in [0.5, 0.6) is 0 Å². The summed E-state index contributed by atoms with van der Waals surface area (Å²) in [5.74, 6) is 0. The molecule has 1 atom stereocenters. The van der Waals surface area contributed by atoms with Gasteiger partial charge in [0.1, 0.15) is 5.15 Å². The molecule has 1 unspecified atom stereocenters. The van der Waals surface area contributed by atoms with E-state index in [9.17, 15) is 0 Å². The number of fused-ring (bicyclic) bond motifs is 1. The van der Waals surface area contributed by atoms with E-state index < -0.39 is 0 Å². The molecule has 0 N–H and O–H groups in total. The van der Waals surface area contributed by atoms with E-state index in [0.717, 1.165) is 30.5 Å². The molecule has 0 aromatic carbocycles. The van der Waals surface area contributed by atoms with Crippen LogP contribution < -0.4 is 0 Å². The first-order valence-electron chi connectivity index (χ1n) is 6.72.